The summed E-state index contributed by atoms with van der Waals surface area (Å²) in [6.07, 6.45) is 5.56. The van der Waals surface area contributed by atoms with Crippen LogP contribution >= 0.6 is 0 Å². The molecule has 0 unspecified atom stereocenters. The van der Waals surface area contributed by atoms with Crippen molar-refractivity contribution in [3.8, 4) is 0 Å². The molecule has 1 aliphatic heterocycles. The maximum Gasteiger partial charge on any atom is 0.159 e. The highest BCUT2D eigenvalue weighted by Gasteiger charge is 2.24. The van der Waals surface area contributed by atoms with Crippen LogP contribution in [0.3, 0.4) is 0 Å². The molecule has 0 saturated carbocycles. The second kappa shape index (κ2) is 7.36. The molecule has 0 radical (unpaired) electrons. The molecule has 1 aliphatic rings. The van der Waals surface area contributed by atoms with E-state index in [1.54, 1.807) is 12.5 Å². The number of likely N-dealkylation sites (tertiary alicyclic amines) is 1. The Morgan fingerprint density at radius 3 is 2.70 bits per heavy atom. The first kappa shape index (κ1) is 17.5. The second-order valence-corrected chi connectivity index (χ2v) is 7.11. The minimum absolute atomic E-state index is 0.436. The van der Waals surface area contributed by atoms with E-state index in [4.69, 9.17) is 5.73 Å². The number of nitrogens with one attached hydrogen (secondary N) is 1. The quantitative estimate of drug-likeness (QED) is 0.737. The van der Waals surface area contributed by atoms with Crippen molar-refractivity contribution < 1.29 is 0 Å². The summed E-state index contributed by atoms with van der Waals surface area (Å²) >= 11 is 0. The summed E-state index contributed by atoms with van der Waals surface area (Å²) in [4.78, 5) is 17.9. The largest absolute Gasteiger partial charge is 0.393 e. The number of hydrogen-bond donors (Lipinski definition) is 2. The molecule has 1 fully saturated rings. The van der Waals surface area contributed by atoms with Gasteiger partial charge in [-0.05, 0) is 45.1 Å². The van der Waals surface area contributed by atoms with Gasteiger partial charge in [-0.1, -0.05) is 18.2 Å². The number of anilines is 4. The number of hydrogen-bond acceptors (Lipinski definition) is 7. The monoisotopic (exact) mass is 363 g/mol. The Bertz CT molecular complexity index is 929. The van der Waals surface area contributed by atoms with Crippen molar-refractivity contribution in [3.63, 3.8) is 0 Å². The fraction of sp³-hybridized carbons (Fsp3) is 0.350. The molecule has 4 rings (SSSR count). The standard InChI is InChI=1S/C20H25N7/c1-26-11-8-15(9-12-26)27(2)20-17(21)19(23-13-24-20)25-16-7-3-5-14-6-4-10-22-18(14)16/h3-7,10,13,15H,8-9,11-12,21H2,1-2H3,(H,23,24,25). The van der Waals surface area contributed by atoms with Crippen molar-refractivity contribution in [2.24, 2.45) is 0 Å². The Balaban J connectivity index is 1.62. The van der Waals surface area contributed by atoms with E-state index in [-0.39, 0.29) is 0 Å². The van der Waals surface area contributed by atoms with Crippen molar-refractivity contribution in [2.45, 2.75) is 18.9 Å². The van der Waals surface area contributed by atoms with E-state index in [0.717, 1.165) is 48.3 Å². The van der Waals surface area contributed by atoms with Gasteiger partial charge >= 0.3 is 0 Å². The van der Waals surface area contributed by atoms with Gasteiger partial charge in [-0.15, -0.1) is 0 Å². The van der Waals surface area contributed by atoms with Crippen molar-refractivity contribution in [3.05, 3.63) is 42.9 Å². The van der Waals surface area contributed by atoms with Gasteiger partial charge in [0.15, 0.2) is 11.6 Å². The Morgan fingerprint density at radius 1 is 1.11 bits per heavy atom. The Labute approximate surface area is 159 Å². The van der Waals surface area contributed by atoms with Gasteiger partial charge in [0.25, 0.3) is 0 Å². The van der Waals surface area contributed by atoms with E-state index in [1.165, 1.54) is 0 Å². The normalized spacial score (nSPS) is 15.8. The molecule has 3 N–H and O–H groups in total. The van der Waals surface area contributed by atoms with Crippen LogP contribution < -0.4 is 16.0 Å². The summed E-state index contributed by atoms with van der Waals surface area (Å²) in [6.45, 7) is 2.18. The molecular weight excluding hydrogens is 338 g/mol. The van der Waals surface area contributed by atoms with Gasteiger partial charge in [0.2, 0.25) is 0 Å². The number of pyridine rings is 1. The maximum absolute atomic E-state index is 6.45. The molecule has 140 valence electrons. The predicted molar refractivity (Wildman–Crippen MR) is 110 cm³/mol. The van der Waals surface area contributed by atoms with Crippen LogP contribution in [0.2, 0.25) is 0 Å². The summed E-state index contributed by atoms with van der Waals surface area (Å²) in [6, 6.07) is 10.4. The van der Waals surface area contributed by atoms with Gasteiger partial charge < -0.3 is 20.9 Å². The van der Waals surface area contributed by atoms with Crippen LogP contribution in [0.5, 0.6) is 0 Å². The van der Waals surface area contributed by atoms with Crippen LogP contribution in [-0.2, 0) is 0 Å². The zero-order valence-electron chi connectivity index (χ0n) is 15.8. The minimum Gasteiger partial charge on any atom is -0.393 e. The zero-order chi connectivity index (χ0) is 18.8. The highest BCUT2D eigenvalue weighted by molar-refractivity contribution is 5.93. The zero-order valence-corrected chi connectivity index (χ0v) is 15.8. The van der Waals surface area contributed by atoms with Crippen molar-refractivity contribution in [1.82, 2.24) is 19.9 Å². The van der Waals surface area contributed by atoms with Gasteiger partial charge in [-0.25, -0.2) is 9.97 Å². The second-order valence-electron chi connectivity index (χ2n) is 7.11. The van der Waals surface area contributed by atoms with Crippen LogP contribution in [-0.4, -0.2) is 53.1 Å². The van der Waals surface area contributed by atoms with E-state index in [2.05, 4.69) is 44.2 Å². The van der Waals surface area contributed by atoms with E-state index in [9.17, 15) is 0 Å². The fourth-order valence-corrected chi connectivity index (χ4v) is 3.65. The number of fused-ring (bicyclic) bond motifs is 1. The van der Waals surface area contributed by atoms with Crippen LogP contribution in [0.1, 0.15) is 12.8 Å². The number of nitrogens with two attached hydrogens (primary N) is 1. The van der Waals surface area contributed by atoms with Crippen molar-refractivity contribution >= 4 is 33.9 Å². The predicted octanol–water partition coefficient (Wildman–Crippen LogP) is 2.88. The minimum atomic E-state index is 0.436. The number of benzene rings is 1. The first-order valence-electron chi connectivity index (χ1n) is 9.26. The number of para-hydroxylation sites is 1. The van der Waals surface area contributed by atoms with Crippen LogP contribution in [0.4, 0.5) is 23.0 Å². The van der Waals surface area contributed by atoms with Gasteiger partial charge in [-0.2, -0.15) is 0 Å². The number of nitrogen functional groups attached to an aromatic ring is 1. The van der Waals surface area contributed by atoms with Crippen molar-refractivity contribution in [2.75, 3.05) is 43.1 Å². The summed E-state index contributed by atoms with van der Waals surface area (Å²) in [5.74, 6) is 1.38. The third-order valence-corrected chi connectivity index (χ3v) is 5.32. The summed E-state index contributed by atoms with van der Waals surface area (Å²) in [7, 11) is 4.23. The fourth-order valence-electron chi connectivity index (χ4n) is 3.65. The highest BCUT2D eigenvalue weighted by atomic mass is 15.2. The lowest BCUT2D eigenvalue weighted by atomic mass is 10.0. The molecule has 3 heterocycles. The Morgan fingerprint density at radius 2 is 1.89 bits per heavy atom. The Kier molecular flexibility index (Phi) is 4.77. The van der Waals surface area contributed by atoms with E-state index in [1.807, 2.05) is 30.3 Å². The van der Waals surface area contributed by atoms with Gasteiger partial charge in [-0.3, -0.25) is 4.98 Å². The Hall–Kier alpha value is -2.93. The smallest absolute Gasteiger partial charge is 0.159 e. The van der Waals surface area contributed by atoms with Crippen LogP contribution in [0.25, 0.3) is 10.9 Å². The van der Waals surface area contributed by atoms with Crippen molar-refractivity contribution in [1.29, 1.82) is 0 Å². The SMILES string of the molecule is CN1CCC(N(C)c2ncnc(Nc3cccc4cccnc34)c2N)CC1. The molecule has 0 aliphatic carbocycles. The van der Waals surface area contributed by atoms with Gasteiger partial charge in [0, 0.05) is 24.7 Å². The number of piperidine rings is 1. The first-order valence-corrected chi connectivity index (χ1v) is 9.26. The van der Waals surface area contributed by atoms with Gasteiger partial charge in [0.1, 0.15) is 12.0 Å². The molecule has 7 nitrogen and oxygen atoms in total. The average molecular weight is 363 g/mol. The number of aromatic nitrogens is 3. The lowest BCUT2D eigenvalue weighted by Gasteiger charge is -2.36. The average Bonchev–Trinajstić information content (AvgIpc) is 2.70. The van der Waals surface area contributed by atoms with E-state index in [0.29, 0.717) is 17.5 Å². The summed E-state index contributed by atoms with van der Waals surface area (Å²) < 4.78 is 0. The number of rotatable bonds is 4. The topological polar surface area (TPSA) is 83.2 Å². The summed E-state index contributed by atoms with van der Waals surface area (Å²) in [5.41, 5.74) is 8.78. The number of nitrogens with zero attached hydrogens (tertiary/aromatic N) is 5. The van der Waals surface area contributed by atoms with Crippen LogP contribution in [0, 0.1) is 0 Å². The molecule has 1 saturated heterocycles. The molecule has 7 heteroatoms. The van der Waals surface area contributed by atoms with E-state index < -0.39 is 0 Å². The van der Waals surface area contributed by atoms with Crippen LogP contribution in [0.15, 0.2) is 42.9 Å². The third kappa shape index (κ3) is 3.50. The molecule has 0 spiro atoms. The molecule has 0 bridgehead atoms. The maximum atomic E-state index is 6.45. The highest BCUT2D eigenvalue weighted by Crippen LogP contribution is 2.32. The lowest BCUT2D eigenvalue weighted by molar-refractivity contribution is 0.252. The lowest BCUT2D eigenvalue weighted by Crippen LogP contribution is -2.42. The van der Waals surface area contributed by atoms with Gasteiger partial charge in [0.05, 0.1) is 11.2 Å². The third-order valence-electron chi connectivity index (χ3n) is 5.32. The molecule has 3 aromatic rings. The molecule has 1 aromatic carbocycles. The molecule has 0 atom stereocenters. The summed E-state index contributed by atoms with van der Waals surface area (Å²) in [5, 5.41) is 4.42. The van der Waals surface area contributed by atoms with E-state index >= 15 is 0 Å². The molecule has 2 aromatic heterocycles. The first-order chi connectivity index (χ1) is 13.1. The molecular formula is C20H25N7. The molecule has 0 amide bonds. The molecule has 27 heavy (non-hydrogen) atoms.